The summed E-state index contributed by atoms with van der Waals surface area (Å²) in [5, 5.41) is 10.3. The van der Waals surface area contributed by atoms with Gasteiger partial charge in [0.05, 0.1) is 10.2 Å². The molecular formula is C18H12BrClN2O5. The van der Waals surface area contributed by atoms with E-state index in [4.69, 9.17) is 21.4 Å². The van der Waals surface area contributed by atoms with Gasteiger partial charge >= 0.3 is 5.97 Å². The molecule has 9 heteroatoms. The molecule has 27 heavy (non-hydrogen) atoms. The first-order valence-electron chi connectivity index (χ1n) is 7.62. The molecule has 0 spiro atoms. The Hall–Kier alpha value is -2.84. The molecule has 2 aromatic rings. The van der Waals surface area contributed by atoms with Crippen LogP contribution in [0.3, 0.4) is 0 Å². The van der Waals surface area contributed by atoms with E-state index in [1.807, 2.05) is 0 Å². The third-order valence-corrected chi connectivity index (χ3v) is 4.39. The molecule has 138 valence electrons. The Balaban J connectivity index is 1.99. The summed E-state index contributed by atoms with van der Waals surface area (Å²) in [7, 11) is 0. The summed E-state index contributed by atoms with van der Waals surface area (Å²) in [4.78, 5) is 35.8. The van der Waals surface area contributed by atoms with Gasteiger partial charge in [0.25, 0.3) is 11.8 Å². The van der Waals surface area contributed by atoms with Crippen molar-refractivity contribution in [2.45, 2.75) is 0 Å². The zero-order valence-corrected chi connectivity index (χ0v) is 16.0. The number of aliphatic carboxylic acids is 1. The normalized spacial score (nSPS) is 15.2. The maximum atomic E-state index is 12.7. The van der Waals surface area contributed by atoms with Gasteiger partial charge in [0.2, 0.25) is 0 Å². The van der Waals surface area contributed by atoms with Crippen molar-refractivity contribution in [3.8, 4) is 5.75 Å². The highest BCUT2D eigenvalue weighted by Gasteiger charge is 2.34. The number of anilines is 1. The van der Waals surface area contributed by atoms with Crippen LogP contribution < -0.4 is 15.2 Å². The first kappa shape index (κ1) is 18.9. The van der Waals surface area contributed by atoms with Crippen molar-refractivity contribution in [1.82, 2.24) is 5.43 Å². The number of carboxylic acid groups (broad SMARTS) is 1. The van der Waals surface area contributed by atoms with E-state index in [0.29, 0.717) is 20.7 Å². The van der Waals surface area contributed by atoms with Gasteiger partial charge in [-0.1, -0.05) is 29.8 Å². The number of carboxylic acids is 1. The number of benzene rings is 2. The van der Waals surface area contributed by atoms with Gasteiger partial charge < -0.3 is 9.84 Å². The second-order valence-corrected chi connectivity index (χ2v) is 6.75. The second kappa shape index (κ2) is 7.81. The number of carbonyl (C=O) groups excluding carboxylic acids is 2. The second-order valence-electron chi connectivity index (χ2n) is 5.46. The highest BCUT2D eigenvalue weighted by atomic mass is 79.9. The Kier molecular flexibility index (Phi) is 5.48. The van der Waals surface area contributed by atoms with E-state index in [9.17, 15) is 14.4 Å². The summed E-state index contributed by atoms with van der Waals surface area (Å²) in [6, 6.07) is 11.6. The first-order chi connectivity index (χ1) is 12.9. The molecule has 7 nitrogen and oxygen atoms in total. The fourth-order valence-corrected chi connectivity index (χ4v) is 3.39. The van der Waals surface area contributed by atoms with Gasteiger partial charge in [0.15, 0.2) is 6.61 Å². The molecule has 2 aromatic carbocycles. The van der Waals surface area contributed by atoms with E-state index < -0.39 is 24.4 Å². The molecule has 1 fully saturated rings. The number of nitrogens with zero attached hydrogens (tertiary/aromatic N) is 1. The molecule has 0 saturated carbocycles. The molecule has 0 radical (unpaired) electrons. The van der Waals surface area contributed by atoms with Gasteiger partial charge in [-0.3, -0.25) is 15.0 Å². The smallest absolute Gasteiger partial charge is 0.341 e. The topological polar surface area (TPSA) is 95.9 Å². The Bertz CT molecular complexity index is 962. The third-order valence-electron chi connectivity index (χ3n) is 3.58. The molecular weight excluding hydrogens is 440 g/mol. The summed E-state index contributed by atoms with van der Waals surface area (Å²) in [5.74, 6) is -2.15. The number of amides is 2. The van der Waals surface area contributed by atoms with Crippen LogP contribution >= 0.6 is 27.5 Å². The number of hydrogen-bond donors (Lipinski definition) is 2. The molecule has 1 aliphatic heterocycles. The maximum Gasteiger partial charge on any atom is 0.341 e. The van der Waals surface area contributed by atoms with Gasteiger partial charge in [-0.2, -0.15) is 0 Å². The predicted octanol–water partition coefficient (Wildman–Crippen LogP) is 3.03. The van der Waals surface area contributed by atoms with Gasteiger partial charge in [0, 0.05) is 10.6 Å². The summed E-state index contributed by atoms with van der Waals surface area (Å²) >= 11 is 9.29. The fourth-order valence-electron chi connectivity index (χ4n) is 2.45. The number of halogens is 2. The first-order valence-corrected chi connectivity index (χ1v) is 8.79. The number of hydrazine groups is 1. The number of ether oxygens (including phenoxy) is 1. The monoisotopic (exact) mass is 450 g/mol. The molecule has 1 aliphatic rings. The van der Waals surface area contributed by atoms with Crippen molar-refractivity contribution < 1.29 is 24.2 Å². The van der Waals surface area contributed by atoms with E-state index in [1.165, 1.54) is 18.2 Å². The summed E-state index contributed by atoms with van der Waals surface area (Å²) < 4.78 is 5.67. The molecule has 2 amide bonds. The molecule has 3 rings (SSSR count). The molecule has 2 N–H and O–H groups in total. The van der Waals surface area contributed by atoms with Crippen LogP contribution in [0.2, 0.25) is 5.02 Å². The standard InChI is InChI=1S/C18H12BrClN2O5/c19-14-8-11(20)6-10(16(14)27-9-15(23)24)7-13-17(25)21-22(18(13)26)12-4-2-1-3-5-12/h1-8H,9H2,(H,21,25)(H,23,24)/b13-7-. The molecule has 1 heterocycles. The SMILES string of the molecule is O=C(O)COc1c(Br)cc(Cl)cc1/C=C1/C(=O)NN(c2ccccc2)C1=O. The summed E-state index contributed by atoms with van der Waals surface area (Å²) in [5.41, 5.74) is 3.16. The van der Waals surface area contributed by atoms with Crippen LogP contribution in [0.4, 0.5) is 5.69 Å². The van der Waals surface area contributed by atoms with Crippen LogP contribution in [0.1, 0.15) is 5.56 Å². The van der Waals surface area contributed by atoms with Crippen LogP contribution in [-0.2, 0) is 14.4 Å². The minimum absolute atomic E-state index is 0.131. The van der Waals surface area contributed by atoms with Crippen molar-refractivity contribution in [2.24, 2.45) is 0 Å². The molecule has 0 aliphatic carbocycles. The molecule has 0 atom stereocenters. The lowest BCUT2D eigenvalue weighted by molar-refractivity contribution is -0.139. The minimum atomic E-state index is -1.17. The quantitative estimate of drug-likeness (QED) is 0.538. The number of carbonyl (C=O) groups is 3. The minimum Gasteiger partial charge on any atom is -0.480 e. The lowest BCUT2D eigenvalue weighted by Gasteiger charge is -2.14. The van der Waals surface area contributed by atoms with Crippen LogP contribution in [0, 0.1) is 0 Å². The van der Waals surface area contributed by atoms with Crippen LogP contribution in [0.5, 0.6) is 5.75 Å². The van der Waals surface area contributed by atoms with Gasteiger partial charge in [-0.05, 0) is 46.3 Å². The van der Waals surface area contributed by atoms with Crippen molar-refractivity contribution in [1.29, 1.82) is 0 Å². The van der Waals surface area contributed by atoms with E-state index in [-0.39, 0.29) is 11.3 Å². The zero-order valence-electron chi connectivity index (χ0n) is 13.6. The lowest BCUT2D eigenvalue weighted by Crippen LogP contribution is -2.35. The van der Waals surface area contributed by atoms with Crippen LogP contribution in [0.25, 0.3) is 6.08 Å². The Labute approximate surface area is 167 Å². The van der Waals surface area contributed by atoms with Crippen LogP contribution in [0.15, 0.2) is 52.5 Å². The average Bonchev–Trinajstić information content (AvgIpc) is 2.89. The Morgan fingerprint density at radius 1 is 1.26 bits per heavy atom. The van der Waals surface area contributed by atoms with Crippen LogP contribution in [-0.4, -0.2) is 29.5 Å². The van der Waals surface area contributed by atoms with Crippen molar-refractivity contribution in [3.05, 3.63) is 63.1 Å². The highest BCUT2D eigenvalue weighted by Crippen LogP contribution is 2.35. The highest BCUT2D eigenvalue weighted by molar-refractivity contribution is 9.10. The number of para-hydroxylation sites is 1. The number of nitrogens with one attached hydrogen (secondary N) is 1. The number of rotatable bonds is 5. The molecule has 0 bridgehead atoms. The van der Waals surface area contributed by atoms with E-state index >= 15 is 0 Å². The maximum absolute atomic E-state index is 12.7. The molecule has 1 saturated heterocycles. The fraction of sp³-hybridized carbons (Fsp3) is 0.0556. The Morgan fingerprint density at radius 2 is 1.96 bits per heavy atom. The Morgan fingerprint density at radius 3 is 2.63 bits per heavy atom. The van der Waals surface area contributed by atoms with Crippen molar-refractivity contribution in [2.75, 3.05) is 11.6 Å². The number of hydrogen-bond acceptors (Lipinski definition) is 4. The molecule has 0 aromatic heterocycles. The van der Waals surface area contributed by atoms with Gasteiger partial charge in [-0.15, -0.1) is 0 Å². The van der Waals surface area contributed by atoms with Gasteiger partial charge in [0.1, 0.15) is 11.3 Å². The summed E-state index contributed by atoms with van der Waals surface area (Å²) in [6.45, 7) is -0.591. The van der Waals surface area contributed by atoms with Crippen molar-refractivity contribution >= 4 is 57.1 Å². The molecule has 0 unspecified atom stereocenters. The predicted molar refractivity (Wildman–Crippen MR) is 102 cm³/mol. The zero-order chi connectivity index (χ0) is 19.6. The summed E-state index contributed by atoms with van der Waals surface area (Å²) in [6.07, 6.45) is 1.31. The lowest BCUT2D eigenvalue weighted by atomic mass is 10.1. The van der Waals surface area contributed by atoms with Gasteiger partial charge in [-0.25, -0.2) is 9.80 Å². The average molecular weight is 452 g/mol. The van der Waals surface area contributed by atoms with E-state index in [0.717, 1.165) is 5.01 Å². The van der Waals surface area contributed by atoms with E-state index in [1.54, 1.807) is 30.3 Å². The van der Waals surface area contributed by atoms with E-state index in [2.05, 4.69) is 21.4 Å². The van der Waals surface area contributed by atoms with Crippen molar-refractivity contribution in [3.63, 3.8) is 0 Å². The third kappa shape index (κ3) is 4.12. The largest absolute Gasteiger partial charge is 0.480 e.